The Morgan fingerprint density at radius 2 is 1.62 bits per heavy atom. The van der Waals surface area contributed by atoms with Gasteiger partial charge in [-0.15, -0.1) is 0 Å². The van der Waals surface area contributed by atoms with Crippen LogP contribution < -0.4 is 5.73 Å². The number of hydrogen-bond donors (Lipinski definition) is 1. The normalized spacial score (nSPS) is 18.1. The molecule has 2 N–H and O–H groups in total. The standard InChI is InChI=1S/C37H41N5/c1-35(18-4-5-19-35)26-37(27-36(2)20-6-7-21-36,33(39)17-22-41-31-14-8-11-28(23-31)25-38)34-16-10-15-32(42-34)29-12-9-13-30(24-29)40-3/h8-17,22-24H,4-7,18-21,26-27,39H2,1-2H3. The summed E-state index contributed by atoms with van der Waals surface area (Å²) in [4.78, 5) is 13.6. The van der Waals surface area contributed by atoms with Gasteiger partial charge >= 0.3 is 0 Å². The summed E-state index contributed by atoms with van der Waals surface area (Å²) in [5.41, 5.74) is 12.7. The Morgan fingerprint density at radius 3 is 2.26 bits per heavy atom. The molecule has 0 radical (unpaired) electrons. The van der Waals surface area contributed by atoms with E-state index in [1.807, 2.05) is 48.5 Å². The Kier molecular flexibility index (Phi) is 8.60. The van der Waals surface area contributed by atoms with Crippen molar-refractivity contribution < 1.29 is 0 Å². The quantitative estimate of drug-likeness (QED) is 0.211. The van der Waals surface area contributed by atoms with Crippen molar-refractivity contribution in [2.24, 2.45) is 21.6 Å². The molecule has 0 spiro atoms. The maximum Gasteiger partial charge on any atom is 0.187 e. The molecule has 0 aliphatic heterocycles. The number of benzene rings is 2. The lowest BCUT2D eigenvalue weighted by Gasteiger charge is -2.45. The molecule has 1 heterocycles. The van der Waals surface area contributed by atoms with Crippen LogP contribution in [0.3, 0.4) is 0 Å². The van der Waals surface area contributed by atoms with Gasteiger partial charge in [0.05, 0.1) is 40.7 Å². The van der Waals surface area contributed by atoms with E-state index in [9.17, 15) is 5.26 Å². The van der Waals surface area contributed by atoms with Crippen molar-refractivity contribution in [1.82, 2.24) is 4.98 Å². The second kappa shape index (κ2) is 12.3. The van der Waals surface area contributed by atoms with E-state index in [4.69, 9.17) is 17.3 Å². The lowest BCUT2D eigenvalue weighted by molar-refractivity contribution is 0.163. The first kappa shape index (κ1) is 29.3. The van der Waals surface area contributed by atoms with Crippen molar-refractivity contribution in [2.45, 2.75) is 83.5 Å². The molecule has 42 heavy (non-hydrogen) atoms. The molecule has 2 aromatic carbocycles. The molecule has 214 valence electrons. The molecule has 1 aromatic heterocycles. The number of aromatic nitrogens is 1. The monoisotopic (exact) mass is 555 g/mol. The average Bonchev–Trinajstić information content (AvgIpc) is 3.64. The van der Waals surface area contributed by atoms with Gasteiger partial charge in [0, 0.05) is 11.9 Å². The van der Waals surface area contributed by atoms with Gasteiger partial charge in [-0.1, -0.05) is 69.9 Å². The van der Waals surface area contributed by atoms with Crippen LogP contribution in [0.15, 0.2) is 83.5 Å². The number of allylic oxidation sites excluding steroid dienone is 2. The average molecular weight is 556 g/mol. The molecular formula is C37H41N5. The number of nitrogens with two attached hydrogens (primary N) is 1. The molecule has 5 heteroatoms. The van der Waals surface area contributed by atoms with Crippen LogP contribution in [0.25, 0.3) is 16.1 Å². The number of aliphatic imine (C=N–C) groups is 1. The highest BCUT2D eigenvalue weighted by Crippen LogP contribution is 2.55. The molecular weight excluding hydrogens is 514 g/mol. The second-order valence-electron chi connectivity index (χ2n) is 13.1. The van der Waals surface area contributed by atoms with E-state index in [1.54, 1.807) is 18.3 Å². The summed E-state index contributed by atoms with van der Waals surface area (Å²) in [7, 11) is 0. The third-order valence-electron chi connectivity index (χ3n) is 9.59. The minimum atomic E-state index is -0.466. The van der Waals surface area contributed by atoms with E-state index in [0.717, 1.165) is 41.2 Å². The van der Waals surface area contributed by atoms with Gasteiger partial charge in [-0.05, 0) is 97.4 Å². The molecule has 0 saturated heterocycles. The lowest BCUT2D eigenvalue weighted by Crippen LogP contribution is -2.42. The number of pyridine rings is 1. The molecule has 0 amide bonds. The largest absolute Gasteiger partial charge is 0.401 e. The van der Waals surface area contributed by atoms with Gasteiger partial charge in [-0.25, -0.2) is 4.85 Å². The van der Waals surface area contributed by atoms with Crippen LogP contribution in [-0.2, 0) is 5.41 Å². The van der Waals surface area contributed by atoms with Crippen molar-refractivity contribution in [3.63, 3.8) is 0 Å². The molecule has 2 saturated carbocycles. The SMILES string of the molecule is [C-]#[N+]c1cccc(-c2cccc(C(CC3(C)CCCC3)(CC3(C)CCCC3)C(N)=CC=Nc3cccc(C#N)c3)n2)c1. The molecule has 3 aromatic rings. The predicted molar refractivity (Wildman–Crippen MR) is 172 cm³/mol. The van der Waals surface area contributed by atoms with Crippen LogP contribution in [0.2, 0.25) is 0 Å². The number of nitrogens with zero attached hydrogens (tertiary/aromatic N) is 4. The fourth-order valence-electron chi connectivity index (χ4n) is 7.48. The van der Waals surface area contributed by atoms with Gasteiger partial charge in [0.25, 0.3) is 0 Å². The van der Waals surface area contributed by atoms with Crippen molar-refractivity contribution in [2.75, 3.05) is 0 Å². The van der Waals surface area contributed by atoms with Crippen LogP contribution in [0, 0.1) is 28.7 Å². The molecule has 2 aliphatic rings. The van der Waals surface area contributed by atoms with Crippen LogP contribution in [-0.4, -0.2) is 11.2 Å². The zero-order valence-corrected chi connectivity index (χ0v) is 24.9. The minimum Gasteiger partial charge on any atom is -0.401 e. The molecule has 0 bridgehead atoms. The highest BCUT2D eigenvalue weighted by Gasteiger charge is 2.48. The van der Waals surface area contributed by atoms with Crippen molar-refractivity contribution in [3.05, 3.63) is 101 Å². The van der Waals surface area contributed by atoms with E-state index >= 15 is 0 Å². The van der Waals surface area contributed by atoms with Gasteiger partial charge in [-0.2, -0.15) is 5.26 Å². The fourth-order valence-corrected chi connectivity index (χ4v) is 7.48. The maximum absolute atomic E-state index is 9.31. The third kappa shape index (κ3) is 6.47. The van der Waals surface area contributed by atoms with Gasteiger partial charge in [0.15, 0.2) is 5.69 Å². The Bertz CT molecular complexity index is 1530. The summed E-state index contributed by atoms with van der Waals surface area (Å²) in [5, 5.41) is 9.31. The summed E-state index contributed by atoms with van der Waals surface area (Å²) in [6, 6.07) is 23.5. The zero-order valence-electron chi connectivity index (χ0n) is 24.9. The first-order valence-electron chi connectivity index (χ1n) is 15.2. The molecule has 2 fully saturated rings. The van der Waals surface area contributed by atoms with Gasteiger partial charge < -0.3 is 5.73 Å². The Morgan fingerprint density at radius 1 is 0.976 bits per heavy atom. The Hall–Kier alpha value is -4.22. The number of rotatable bonds is 9. The lowest BCUT2D eigenvalue weighted by atomic mass is 9.60. The number of hydrogen-bond acceptors (Lipinski definition) is 4. The van der Waals surface area contributed by atoms with Crippen LogP contribution >= 0.6 is 0 Å². The predicted octanol–water partition coefficient (Wildman–Crippen LogP) is 9.59. The molecule has 5 nitrogen and oxygen atoms in total. The van der Waals surface area contributed by atoms with Gasteiger partial charge in [0.1, 0.15) is 0 Å². The van der Waals surface area contributed by atoms with E-state index < -0.39 is 5.41 Å². The van der Waals surface area contributed by atoms with Crippen molar-refractivity contribution >= 4 is 17.6 Å². The van der Waals surface area contributed by atoms with E-state index in [0.29, 0.717) is 11.3 Å². The third-order valence-corrected chi connectivity index (χ3v) is 9.59. The smallest absolute Gasteiger partial charge is 0.187 e. The molecule has 0 atom stereocenters. The van der Waals surface area contributed by atoms with E-state index in [1.165, 1.54) is 51.4 Å². The van der Waals surface area contributed by atoms with Crippen LogP contribution in [0.1, 0.15) is 89.3 Å². The highest BCUT2D eigenvalue weighted by molar-refractivity contribution is 5.76. The van der Waals surface area contributed by atoms with Gasteiger partial charge in [0.2, 0.25) is 0 Å². The maximum atomic E-state index is 9.31. The zero-order chi connectivity index (χ0) is 29.6. The Balaban J connectivity index is 1.64. The summed E-state index contributed by atoms with van der Waals surface area (Å²) in [5.74, 6) is 0. The highest BCUT2D eigenvalue weighted by atomic mass is 14.8. The van der Waals surface area contributed by atoms with Gasteiger partial charge in [-0.3, -0.25) is 9.98 Å². The van der Waals surface area contributed by atoms with E-state index in [2.05, 4.69) is 41.9 Å². The first-order valence-corrected chi connectivity index (χ1v) is 15.2. The molecule has 5 rings (SSSR count). The summed E-state index contributed by atoms with van der Waals surface area (Å²) < 4.78 is 0. The summed E-state index contributed by atoms with van der Waals surface area (Å²) >= 11 is 0. The first-order chi connectivity index (χ1) is 20.3. The summed E-state index contributed by atoms with van der Waals surface area (Å²) in [6.07, 6.45) is 15.4. The minimum absolute atomic E-state index is 0.174. The molecule has 2 aliphatic carbocycles. The van der Waals surface area contributed by atoms with Crippen LogP contribution in [0.4, 0.5) is 11.4 Å². The topological polar surface area (TPSA) is 79.4 Å². The van der Waals surface area contributed by atoms with Crippen LogP contribution in [0.5, 0.6) is 0 Å². The van der Waals surface area contributed by atoms with Crippen molar-refractivity contribution in [3.8, 4) is 17.3 Å². The fraction of sp³-hybridized carbons (Fsp3) is 0.405. The Labute approximate surface area is 251 Å². The van der Waals surface area contributed by atoms with Crippen molar-refractivity contribution in [1.29, 1.82) is 5.26 Å². The second-order valence-corrected chi connectivity index (χ2v) is 13.1. The molecule has 0 unspecified atom stereocenters. The van der Waals surface area contributed by atoms with E-state index in [-0.39, 0.29) is 10.8 Å². The number of nitriles is 1. The summed E-state index contributed by atoms with van der Waals surface area (Å²) in [6.45, 7) is 12.4.